The number of carbonyl (C=O) groups excluding carboxylic acids is 1. The summed E-state index contributed by atoms with van der Waals surface area (Å²) >= 11 is 0. The molecule has 7 N–H and O–H groups in total. The summed E-state index contributed by atoms with van der Waals surface area (Å²) in [6.07, 6.45) is -4.31. The van der Waals surface area contributed by atoms with E-state index in [0.717, 1.165) is 0 Å². The van der Waals surface area contributed by atoms with Gasteiger partial charge < -0.3 is 25.7 Å². The predicted molar refractivity (Wildman–Crippen MR) is 80.1 cm³/mol. The van der Waals surface area contributed by atoms with Crippen molar-refractivity contribution < 1.29 is 25.2 Å². The minimum Gasteiger partial charge on any atom is -0.394 e. The van der Waals surface area contributed by atoms with E-state index in [0.29, 0.717) is 6.29 Å². The highest BCUT2D eigenvalue weighted by atomic mass is 16.4. The molecule has 0 saturated heterocycles. The maximum absolute atomic E-state index is 11.7. The summed E-state index contributed by atoms with van der Waals surface area (Å²) in [6.45, 7) is 0.214. The number of rotatable bonds is 8. The lowest BCUT2D eigenvalue weighted by molar-refractivity contribution is -0.102. The number of nitrogens with zero attached hydrogens (tertiary/aromatic N) is 1. The Balaban J connectivity index is 3.02. The van der Waals surface area contributed by atoms with E-state index in [4.69, 9.17) is 5.11 Å². The van der Waals surface area contributed by atoms with Gasteiger partial charge in [-0.25, -0.2) is 9.79 Å². The molecule has 11 heteroatoms. The minimum atomic E-state index is -1.65. The van der Waals surface area contributed by atoms with Crippen molar-refractivity contribution in [1.29, 1.82) is 0 Å². The normalized spacial score (nSPS) is 15.8. The lowest BCUT2D eigenvalue weighted by Gasteiger charge is -2.22. The van der Waals surface area contributed by atoms with Gasteiger partial charge in [-0.15, -0.1) is 0 Å². The molecule has 3 unspecified atom stereocenters. The van der Waals surface area contributed by atoms with Crippen LogP contribution >= 0.6 is 0 Å². The van der Waals surface area contributed by atoms with Crippen molar-refractivity contribution in [2.45, 2.75) is 25.2 Å². The SMILES string of the molecule is CC(C=O)=Nc1c(NCC(O)C(O)C(O)CO)[nH]c(=O)[nH]c1=O. The Hall–Kier alpha value is -2.34. The molecular weight excluding hydrogens is 312 g/mol. The van der Waals surface area contributed by atoms with Crippen molar-refractivity contribution in [3.8, 4) is 0 Å². The van der Waals surface area contributed by atoms with Crippen LogP contribution in [0.3, 0.4) is 0 Å². The van der Waals surface area contributed by atoms with Gasteiger partial charge in [0.2, 0.25) is 0 Å². The molecule has 1 aromatic heterocycles. The van der Waals surface area contributed by atoms with E-state index in [1.54, 1.807) is 0 Å². The third kappa shape index (κ3) is 5.10. The van der Waals surface area contributed by atoms with Crippen LogP contribution in [0.2, 0.25) is 0 Å². The van der Waals surface area contributed by atoms with Gasteiger partial charge >= 0.3 is 5.69 Å². The third-order valence-electron chi connectivity index (χ3n) is 2.84. The first-order valence-electron chi connectivity index (χ1n) is 6.56. The molecule has 0 aliphatic carbocycles. The number of aliphatic hydroxyl groups excluding tert-OH is 4. The number of aromatic amines is 2. The third-order valence-corrected chi connectivity index (χ3v) is 2.84. The molecule has 3 atom stereocenters. The smallest absolute Gasteiger partial charge is 0.327 e. The predicted octanol–water partition coefficient (Wildman–Crippen LogP) is -3.16. The zero-order valence-corrected chi connectivity index (χ0v) is 12.2. The van der Waals surface area contributed by atoms with E-state index in [1.165, 1.54) is 6.92 Å². The summed E-state index contributed by atoms with van der Waals surface area (Å²) in [6, 6.07) is 0. The van der Waals surface area contributed by atoms with E-state index < -0.39 is 36.2 Å². The van der Waals surface area contributed by atoms with Crippen LogP contribution < -0.4 is 16.6 Å². The number of H-pyrrole nitrogens is 2. The maximum Gasteiger partial charge on any atom is 0.327 e. The highest BCUT2D eigenvalue weighted by molar-refractivity contribution is 6.27. The van der Waals surface area contributed by atoms with Gasteiger partial charge in [0.25, 0.3) is 5.56 Å². The van der Waals surface area contributed by atoms with Crippen LogP contribution in [-0.2, 0) is 4.79 Å². The summed E-state index contributed by atoms with van der Waals surface area (Å²) < 4.78 is 0. The van der Waals surface area contributed by atoms with Gasteiger partial charge in [-0.3, -0.25) is 19.6 Å². The average Bonchev–Trinajstić information content (AvgIpc) is 2.53. The summed E-state index contributed by atoms with van der Waals surface area (Å²) in [7, 11) is 0. The van der Waals surface area contributed by atoms with Gasteiger partial charge in [-0.2, -0.15) is 0 Å². The number of anilines is 1. The lowest BCUT2D eigenvalue weighted by Crippen LogP contribution is -2.43. The largest absolute Gasteiger partial charge is 0.394 e. The zero-order chi connectivity index (χ0) is 17.6. The topological polar surface area (TPSA) is 188 Å². The second kappa shape index (κ2) is 8.33. The fraction of sp³-hybridized carbons (Fsp3) is 0.500. The van der Waals surface area contributed by atoms with Crippen molar-refractivity contribution in [3.05, 3.63) is 20.8 Å². The summed E-state index contributed by atoms with van der Waals surface area (Å²) in [5.74, 6) is -0.176. The summed E-state index contributed by atoms with van der Waals surface area (Å²) in [4.78, 5) is 41.5. The zero-order valence-electron chi connectivity index (χ0n) is 12.2. The first kappa shape index (κ1) is 18.7. The molecule has 0 aliphatic heterocycles. The molecular formula is C12H18N4O7. The Bertz CT molecular complexity index is 681. The molecule has 0 saturated carbocycles. The Morgan fingerprint density at radius 2 is 1.91 bits per heavy atom. The molecule has 23 heavy (non-hydrogen) atoms. The monoisotopic (exact) mass is 330 g/mol. The average molecular weight is 330 g/mol. The number of nitrogens with one attached hydrogen (secondary N) is 3. The van der Waals surface area contributed by atoms with Crippen LogP contribution in [-0.4, -0.2) is 73.9 Å². The fourth-order valence-corrected chi connectivity index (χ4v) is 1.61. The maximum atomic E-state index is 11.7. The van der Waals surface area contributed by atoms with Crippen LogP contribution in [0.5, 0.6) is 0 Å². The summed E-state index contributed by atoms with van der Waals surface area (Å²) in [5.41, 5.74) is -2.02. The van der Waals surface area contributed by atoms with Gasteiger partial charge in [0, 0.05) is 6.54 Å². The van der Waals surface area contributed by atoms with Crippen molar-refractivity contribution in [2.24, 2.45) is 4.99 Å². The number of hydrogen-bond acceptors (Lipinski definition) is 9. The van der Waals surface area contributed by atoms with E-state index >= 15 is 0 Å². The molecule has 0 fully saturated rings. The number of hydrogen-bond donors (Lipinski definition) is 7. The Kier molecular flexibility index (Phi) is 6.78. The van der Waals surface area contributed by atoms with Gasteiger partial charge in [-0.1, -0.05) is 0 Å². The number of aldehydes is 1. The quantitative estimate of drug-likeness (QED) is 0.192. The second-order valence-corrected chi connectivity index (χ2v) is 4.69. The highest BCUT2D eigenvalue weighted by Gasteiger charge is 2.24. The van der Waals surface area contributed by atoms with Crippen LogP contribution in [0.4, 0.5) is 11.5 Å². The Labute approximate surface area is 129 Å². The molecule has 0 bridgehead atoms. The van der Waals surface area contributed by atoms with Crippen molar-refractivity contribution in [1.82, 2.24) is 9.97 Å². The molecule has 0 spiro atoms. The van der Waals surface area contributed by atoms with Gasteiger partial charge in [-0.05, 0) is 6.92 Å². The highest BCUT2D eigenvalue weighted by Crippen LogP contribution is 2.15. The van der Waals surface area contributed by atoms with E-state index in [1.807, 2.05) is 4.98 Å². The molecule has 0 radical (unpaired) electrons. The van der Waals surface area contributed by atoms with Gasteiger partial charge in [0.05, 0.1) is 18.4 Å². The molecule has 0 aromatic carbocycles. The molecule has 0 amide bonds. The van der Waals surface area contributed by atoms with Crippen molar-refractivity contribution >= 4 is 23.5 Å². The van der Waals surface area contributed by atoms with E-state index in [9.17, 15) is 29.7 Å². The summed E-state index contributed by atoms with van der Waals surface area (Å²) in [5, 5.41) is 39.6. The van der Waals surface area contributed by atoms with E-state index in [-0.39, 0.29) is 23.8 Å². The standard InChI is InChI=1S/C12H18N4O7/c1-5(3-17)14-8-10(15-12(23)16-11(8)22)13-2-6(19)9(21)7(20)4-18/h3,6-7,9,18-21H,2,4H2,1H3,(H3,13,15,16,22,23). The molecule has 1 rings (SSSR count). The van der Waals surface area contributed by atoms with Crippen molar-refractivity contribution in [2.75, 3.05) is 18.5 Å². The van der Waals surface area contributed by atoms with Crippen LogP contribution in [0.1, 0.15) is 6.92 Å². The minimum absolute atomic E-state index is 0.0260. The Morgan fingerprint density at radius 3 is 2.48 bits per heavy atom. The van der Waals surface area contributed by atoms with E-state index in [2.05, 4.69) is 15.3 Å². The van der Waals surface area contributed by atoms with Gasteiger partial charge in [0.15, 0.2) is 12.0 Å². The molecule has 1 heterocycles. The van der Waals surface area contributed by atoms with Gasteiger partial charge in [0.1, 0.15) is 18.0 Å². The van der Waals surface area contributed by atoms with Crippen LogP contribution in [0, 0.1) is 0 Å². The van der Waals surface area contributed by atoms with Crippen LogP contribution in [0.25, 0.3) is 0 Å². The molecule has 11 nitrogen and oxygen atoms in total. The molecule has 128 valence electrons. The Morgan fingerprint density at radius 1 is 1.26 bits per heavy atom. The van der Waals surface area contributed by atoms with Crippen molar-refractivity contribution in [3.63, 3.8) is 0 Å². The fourth-order valence-electron chi connectivity index (χ4n) is 1.61. The number of aliphatic hydroxyl groups is 4. The lowest BCUT2D eigenvalue weighted by atomic mass is 10.1. The number of carbonyl (C=O) groups is 1. The first-order chi connectivity index (χ1) is 10.8. The molecule has 0 aliphatic rings. The number of aliphatic imine (C=N–C) groups is 1. The first-order valence-corrected chi connectivity index (χ1v) is 6.56. The second-order valence-electron chi connectivity index (χ2n) is 4.69. The number of aromatic nitrogens is 2. The van der Waals surface area contributed by atoms with Crippen LogP contribution in [0.15, 0.2) is 14.6 Å². The molecule has 1 aromatic rings.